The quantitative estimate of drug-likeness (QED) is 0.745. The molecule has 0 bridgehead atoms. The molecule has 0 aliphatic heterocycles. The first-order chi connectivity index (χ1) is 7.36. The van der Waals surface area contributed by atoms with Gasteiger partial charge in [0.1, 0.15) is 5.82 Å². The average molecular weight is 220 g/mol. The molecule has 1 atom stereocenters. The number of rotatable bonds is 3. The van der Waals surface area contributed by atoms with Gasteiger partial charge in [-0.15, -0.1) is 11.6 Å². The standard InChI is InChI=1S/C11H10ClN3/c12-10(11-14-6-3-7-15-11)8-9-4-1-2-5-13-9/h1-7,10H,8H2. The Hall–Kier alpha value is -1.48. The molecule has 0 radical (unpaired) electrons. The third-order valence-electron chi connectivity index (χ3n) is 1.98. The molecule has 0 aromatic carbocycles. The molecule has 2 aromatic heterocycles. The van der Waals surface area contributed by atoms with Gasteiger partial charge in [0.2, 0.25) is 0 Å². The van der Waals surface area contributed by atoms with Crippen LogP contribution in [0.3, 0.4) is 0 Å². The van der Waals surface area contributed by atoms with Crippen LogP contribution in [0.2, 0.25) is 0 Å². The molecule has 1 unspecified atom stereocenters. The largest absolute Gasteiger partial charge is 0.261 e. The maximum atomic E-state index is 6.18. The van der Waals surface area contributed by atoms with Crippen molar-refractivity contribution in [3.63, 3.8) is 0 Å². The lowest BCUT2D eigenvalue weighted by Crippen LogP contribution is -2.02. The molecule has 0 spiro atoms. The summed E-state index contributed by atoms with van der Waals surface area (Å²) in [5.74, 6) is 0.643. The van der Waals surface area contributed by atoms with Crippen molar-refractivity contribution in [2.75, 3.05) is 0 Å². The van der Waals surface area contributed by atoms with Gasteiger partial charge in [0.15, 0.2) is 0 Å². The van der Waals surface area contributed by atoms with Crippen molar-refractivity contribution in [2.24, 2.45) is 0 Å². The molecule has 3 nitrogen and oxygen atoms in total. The minimum Gasteiger partial charge on any atom is -0.261 e. The van der Waals surface area contributed by atoms with Crippen LogP contribution in [-0.4, -0.2) is 15.0 Å². The third-order valence-corrected chi connectivity index (χ3v) is 2.33. The monoisotopic (exact) mass is 219 g/mol. The molecule has 0 amide bonds. The fourth-order valence-electron chi connectivity index (χ4n) is 1.27. The lowest BCUT2D eigenvalue weighted by Gasteiger charge is -2.06. The van der Waals surface area contributed by atoms with E-state index in [1.54, 1.807) is 24.7 Å². The fourth-order valence-corrected chi connectivity index (χ4v) is 1.54. The predicted octanol–water partition coefficient (Wildman–Crippen LogP) is 2.39. The summed E-state index contributed by atoms with van der Waals surface area (Å²) >= 11 is 6.18. The number of alkyl halides is 1. The minimum absolute atomic E-state index is 0.221. The zero-order valence-electron chi connectivity index (χ0n) is 8.05. The van der Waals surface area contributed by atoms with Crippen LogP contribution < -0.4 is 0 Å². The van der Waals surface area contributed by atoms with Gasteiger partial charge in [-0.25, -0.2) is 9.97 Å². The van der Waals surface area contributed by atoms with Gasteiger partial charge in [-0.1, -0.05) is 6.07 Å². The van der Waals surface area contributed by atoms with E-state index in [0.717, 1.165) is 5.69 Å². The van der Waals surface area contributed by atoms with E-state index in [1.165, 1.54) is 0 Å². The first-order valence-electron chi connectivity index (χ1n) is 4.67. The Labute approximate surface area is 93.2 Å². The zero-order chi connectivity index (χ0) is 10.5. The maximum absolute atomic E-state index is 6.18. The highest BCUT2D eigenvalue weighted by atomic mass is 35.5. The molecule has 0 N–H and O–H groups in total. The van der Waals surface area contributed by atoms with E-state index in [2.05, 4.69) is 15.0 Å². The van der Waals surface area contributed by atoms with Crippen LogP contribution in [0, 0.1) is 0 Å². The number of nitrogens with zero attached hydrogens (tertiary/aromatic N) is 3. The Morgan fingerprint density at radius 2 is 1.73 bits per heavy atom. The molecule has 0 aliphatic rings. The highest BCUT2D eigenvalue weighted by Crippen LogP contribution is 2.19. The van der Waals surface area contributed by atoms with Crippen molar-refractivity contribution in [2.45, 2.75) is 11.8 Å². The van der Waals surface area contributed by atoms with Crippen LogP contribution in [0.25, 0.3) is 0 Å². The SMILES string of the molecule is ClC(Cc1ccccn1)c1ncccn1. The van der Waals surface area contributed by atoms with Crippen molar-refractivity contribution < 1.29 is 0 Å². The van der Waals surface area contributed by atoms with Crippen molar-refractivity contribution in [1.82, 2.24) is 15.0 Å². The molecule has 0 saturated heterocycles. The topological polar surface area (TPSA) is 38.7 Å². The Morgan fingerprint density at radius 1 is 1.00 bits per heavy atom. The Bertz CT molecular complexity index is 405. The van der Waals surface area contributed by atoms with Gasteiger partial charge in [0.25, 0.3) is 0 Å². The summed E-state index contributed by atoms with van der Waals surface area (Å²) in [6.07, 6.45) is 5.78. The molecule has 0 saturated carbocycles. The third kappa shape index (κ3) is 2.73. The number of aromatic nitrogens is 3. The van der Waals surface area contributed by atoms with Crippen molar-refractivity contribution in [3.8, 4) is 0 Å². The molecule has 2 aromatic rings. The molecule has 2 heterocycles. The average Bonchev–Trinajstić information content (AvgIpc) is 2.31. The lowest BCUT2D eigenvalue weighted by atomic mass is 10.2. The van der Waals surface area contributed by atoms with E-state index >= 15 is 0 Å². The lowest BCUT2D eigenvalue weighted by molar-refractivity contribution is 0.806. The van der Waals surface area contributed by atoms with E-state index in [-0.39, 0.29) is 5.38 Å². The van der Waals surface area contributed by atoms with Crippen LogP contribution in [0.15, 0.2) is 42.9 Å². The van der Waals surface area contributed by atoms with Gasteiger partial charge in [-0.3, -0.25) is 4.98 Å². The smallest absolute Gasteiger partial charge is 0.146 e. The summed E-state index contributed by atoms with van der Waals surface area (Å²) in [4.78, 5) is 12.4. The fraction of sp³-hybridized carbons (Fsp3) is 0.182. The van der Waals surface area contributed by atoms with Gasteiger partial charge < -0.3 is 0 Å². The van der Waals surface area contributed by atoms with Gasteiger partial charge >= 0.3 is 0 Å². The second-order valence-corrected chi connectivity index (χ2v) is 3.63. The normalized spacial score (nSPS) is 12.3. The second-order valence-electron chi connectivity index (χ2n) is 3.10. The Kier molecular flexibility index (Phi) is 3.25. The van der Waals surface area contributed by atoms with E-state index in [9.17, 15) is 0 Å². The first kappa shape index (κ1) is 10.1. The van der Waals surface area contributed by atoms with Crippen LogP contribution in [-0.2, 0) is 6.42 Å². The summed E-state index contributed by atoms with van der Waals surface area (Å²) in [6, 6.07) is 7.54. The van der Waals surface area contributed by atoms with E-state index in [1.807, 2.05) is 18.2 Å². The molecule has 0 aliphatic carbocycles. The minimum atomic E-state index is -0.221. The summed E-state index contributed by atoms with van der Waals surface area (Å²) < 4.78 is 0. The van der Waals surface area contributed by atoms with Crippen molar-refractivity contribution in [3.05, 3.63) is 54.4 Å². The number of pyridine rings is 1. The van der Waals surface area contributed by atoms with Gasteiger partial charge in [0, 0.05) is 30.7 Å². The van der Waals surface area contributed by atoms with Gasteiger partial charge in [-0.05, 0) is 18.2 Å². The van der Waals surface area contributed by atoms with Crippen LogP contribution in [0.4, 0.5) is 0 Å². The summed E-state index contributed by atoms with van der Waals surface area (Å²) in [5, 5.41) is -0.221. The van der Waals surface area contributed by atoms with Crippen molar-refractivity contribution >= 4 is 11.6 Å². The summed E-state index contributed by atoms with van der Waals surface area (Å²) in [5.41, 5.74) is 0.949. The second kappa shape index (κ2) is 4.84. The summed E-state index contributed by atoms with van der Waals surface area (Å²) in [7, 11) is 0. The molecular weight excluding hydrogens is 210 g/mol. The van der Waals surface area contributed by atoms with Gasteiger partial charge in [0.05, 0.1) is 5.38 Å². The highest BCUT2D eigenvalue weighted by Gasteiger charge is 2.11. The van der Waals surface area contributed by atoms with E-state index in [0.29, 0.717) is 12.2 Å². The predicted molar refractivity (Wildman–Crippen MR) is 58.6 cm³/mol. The Balaban J connectivity index is 2.08. The molecule has 15 heavy (non-hydrogen) atoms. The highest BCUT2D eigenvalue weighted by molar-refractivity contribution is 6.20. The van der Waals surface area contributed by atoms with E-state index < -0.39 is 0 Å². The van der Waals surface area contributed by atoms with Crippen molar-refractivity contribution in [1.29, 1.82) is 0 Å². The van der Waals surface area contributed by atoms with Crippen LogP contribution in [0.5, 0.6) is 0 Å². The van der Waals surface area contributed by atoms with Crippen LogP contribution in [0.1, 0.15) is 16.9 Å². The number of hydrogen-bond donors (Lipinski definition) is 0. The molecule has 0 fully saturated rings. The van der Waals surface area contributed by atoms with Crippen LogP contribution >= 0.6 is 11.6 Å². The number of hydrogen-bond acceptors (Lipinski definition) is 3. The molecular formula is C11H10ClN3. The Morgan fingerprint density at radius 3 is 2.40 bits per heavy atom. The molecule has 4 heteroatoms. The molecule has 2 rings (SSSR count). The number of halogens is 1. The summed E-state index contributed by atoms with van der Waals surface area (Å²) in [6.45, 7) is 0. The first-order valence-corrected chi connectivity index (χ1v) is 5.11. The maximum Gasteiger partial charge on any atom is 0.146 e. The zero-order valence-corrected chi connectivity index (χ0v) is 8.80. The molecule has 76 valence electrons. The van der Waals surface area contributed by atoms with Gasteiger partial charge in [-0.2, -0.15) is 0 Å². The van der Waals surface area contributed by atoms with E-state index in [4.69, 9.17) is 11.6 Å².